The fourth-order valence-electron chi connectivity index (χ4n) is 2.63. The van der Waals surface area contributed by atoms with Gasteiger partial charge in [-0.1, -0.05) is 0 Å². The van der Waals surface area contributed by atoms with Crippen LogP contribution in [0.3, 0.4) is 0 Å². The number of fused-ring (bicyclic) bond motifs is 1. The monoisotopic (exact) mass is 339 g/mol. The second kappa shape index (κ2) is 5.81. The predicted molar refractivity (Wildman–Crippen MR) is 88.7 cm³/mol. The van der Waals surface area contributed by atoms with Gasteiger partial charge in [-0.25, -0.2) is 9.97 Å². The SMILES string of the molecule is CS(=O)c1nc(N2CCCCC2)c2c(N)c(C(N)=O)sc2n1. The molecular weight excluding hydrogens is 322 g/mol. The summed E-state index contributed by atoms with van der Waals surface area (Å²) >= 11 is 1.13. The minimum Gasteiger partial charge on any atom is -0.397 e. The van der Waals surface area contributed by atoms with Gasteiger partial charge in [0.1, 0.15) is 15.5 Å². The zero-order chi connectivity index (χ0) is 15.9. The van der Waals surface area contributed by atoms with E-state index in [9.17, 15) is 9.00 Å². The molecular formula is C13H17N5O2S2. The Balaban J connectivity index is 2.26. The Morgan fingerprint density at radius 1 is 1.27 bits per heavy atom. The number of nitrogen functional groups attached to an aromatic ring is 1. The summed E-state index contributed by atoms with van der Waals surface area (Å²) in [7, 11) is -1.31. The average molecular weight is 339 g/mol. The lowest BCUT2D eigenvalue weighted by Gasteiger charge is -2.28. The van der Waals surface area contributed by atoms with Crippen molar-refractivity contribution in [3.8, 4) is 0 Å². The van der Waals surface area contributed by atoms with Gasteiger partial charge in [-0.3, -0.25) is 9.00 Å². The van der Waals surface area contributed by atoms with Crippen molar-refractivity contribution >= 4 is 49.8 Å². The van der Waals surface area contributed by atoms with Crippen molar-refractivity contribution in [1.29, 1.82) is 0 Å². The molecule has 4 N–H and O–H groups in total. The van der Waals surface area contributed by atoms with E-state index in [0.717, 1.165) is 37.3 Å². The van der Waals surface area contributed by atoms with E-state index in [1.54, 1.807) is 0 Å². The maximum absolute atomic E-state index is 11.8. The molecule has 0 bridgehead atoms. The van der Waals surface area contributed by atoms with Crippen LogP contribution in [-0.4, -0.2) is 39.4 Å². The Morgan fingerprint density at radius 2 is 1.95 bits per heavy atom. The molecule has 1 amide bonds. The third-order valence-corrected chi connectivity index (χ3v) is 5.50. The van der Waals surface area contributed by atoms with Gasteiger partial charge in [0.2, 0.25) is 5.16 Å². The van der Waals surface area contributed by atoms with E-state index in [2.05, 4.69) is 14.9 Å². The largest absolute Gasteiger partial charge is 0.397 e. The molecule has 0 spiro atoms. The van der Waals surface area contributed by atoms with Crippen molar-refractivity contribution in [3.63, 3.8) is 0 Å². The number of rotatable bonds is 3. The standard InChI is InChI=1S/C13H17N5O2S2/c1-22(20)13-16-11(18-5-3-2-4-6-18)7-8(14)9(10(15)19)21-12(7)17-13/h2-6,14H2,1H3,(H2,15,19). The van der Waals surface area contributed by atoms with E-state index in [-0.39, 0.29) is 10.0 Å². The second-order valence-corrected chi connectivity index (χ2v) is 7.49. The van der Waals surface area contributed by atoms with Gasteiger partial charge in [-0.2, -0.15) is 0 Å². The van der Waals surface area contributed by atoms with Crippen molar-refractivity contribution in [2.45, 2.75) is 24.4 Å². The van der Waals surface area contributed by atoms with E-state index in [0.29, 0.717) is 21.7 Å². The highest BCUT2D eigenvalue weighted by molar-refractivity contribution is 7.84. The molecule has 3 heterocycles. The van der Waals surface area contributed by atoms with E-state index in [4.69, 9.17) is 11.5 Å². The van der Waals surface area contributed by atoms with Gasteiger partial charge in [0.15, 0.2) is 0 Å². The summed E-state index contributed by atoms with van der Waals surface area (Å²) in [5.74, 6) is 0.0837. The molecule has 22 heavy (non-hydrogen) atoms. The third-order valence-electron chi connectivity index (χ3n) is 3.69. The molecule has 9 heteroatoms. The summed E-state index contributed by atoms with van der Waals surface area (Å²) in [5, 5.41) is 0.903. The third kappa shape index (κ3) is 2.54. The zero-order valence-electron chi connectivity index (χ0n) is 12.2. The Hall–Kier alpha value is -1.74. The average Bonchev–Trinajstić information content (AvgIpc) is 2.84. The quantitative estimate of drug-likeness (QED) is 0.809. The van der Waals surface area contributed by atoms with Crippen LogP contribution in [0.15, 0.2) is 5.16 Å². The van der Waals surface area contributed by atoms with Crippen LogP contribution < -0.4 is 16.4 Å². The van der Waals surface area contributed by atoms with Crippen LogP contribution in [0.1, 0.15) is 28.9 Å². The Bertz CT molecular complexity index is 767. The van der Waals surface area contributed by atoms with Crippen LogP contribution in [0.4, 0.5) is 11.5 Å². The highest BCUT2D eigenvalue weighted by atomic mass is 32.2. The summed E-state index contributed by atoms with van der Waals surface area (Å²) in [4.78, 5) is 23.2. The van der Waals surface area contributed by atoms with E-state index >= 15 is 0 Å². The van der Waals surface area contributed by atoms with Crippen molar-refractivity contribution in [1.82, 2.24) is 9.97 Å². The number of piperidine rings is 1. The fourth-order valence-corrected chi connectivity index (χ4v) is 4.06. The number of anilines is 2. The number of amides is 1. The normalized spacial score (nSPS) is 16.9. The smallest absolute Gasteiger partial charge is 0.260 e. The number of thiophene rings is 1. The maximum Gasteiger partial charge on any atom is 0.260 e. The molecule has 1 aliphatic rings. The molecule has 1 unspecified atom stereocenters. The van der Waals surface area contributed by atoms with Gasteiger partial charge >= 0.3 is 0 Å². The predicted octanol–water partition coefficient (Wildman–Crippen LogP) is 1.10. The van der Waals surface area contributed by atoms with Crippen molar-refractivity contribution < 1.29 is 9.00 Å². The van der Waals surface area contributed by atoms with Crippen LogP contribution >= 0.6 is 11.3 Å². The van der Waals surface area contributed by atoms with Crippen molar-refractivity contribution in [3.05, 3.63) is 4.88 Å². The Labute approximate surface area is 134 Å². The molecule has 1 fully saturated rings. The van der Waals surface area contributed by atoms with Crippen LogP contribution in [0.25, 0.3) is 10.2 Å². The molecule has 3 rings (SSSR count). The molecule has 1 atom stereocenters. The van der Waals surface area contributed by atoms with Crippen molar-refractivity contribution in [2.24, 2.45) is 5.73 Å². The van der Waals surface area contributed by atoms with Crippen LogP contribution in [-0.2, 0) is 10.8 Å². The highest BCUT2D eigenvalue weighted by Crippen LogP contribution is 2.38. The lowest BCUT2D eigenvalue weighted by atomic mass is 10.1. The molecule has 0 aromatic carbocycles. The van der Waals surface area contributed by atoms with Gasteiger partial charge in [-0.15, -0.1) is 11.3 Å². The zero-order valence-corrected chi connectivity index (χ0v) is 13.8. The lowest BCUT2D eigenvalue weighted by molar-refractivity contribution is 0.100. The summed E-state index contributed by atoms with van der Waals surface area (Å²) in [6.07, 6.45) is 4.86. The topological polar surface area (TPSA) is 115 Å². The first-order valence-corrected chi connectivity index (χ1v) is 9.34. The summed E-state index contributed by atoms with van der Waals surface area (Å²) in [6.45, 7) is 1.73. The number of primary amides is 1. The van der Waals surface area contributed by atoms with E-state index in [1.807, 2.05) is 0 Å². The Morgan fingerprint density at radius 3 is 2.55 bits per heavy atom. The number of nitrogens with zero attached hydrogens (tertiary/aromatic N) is 3. The molecule has 118 valence electrons. The molecule has 2 aromatic heterocycles. The molecule has 2 aromatic rings. The summed E-state index contributed by atoms with van der Waals surface area (Å²) in [6, 6.07) is 0. The first-order chi connectivity index (χ1) is 10.5. The van der Waals surface area contributed by atoms with E-state index in [1.165, 1.54) is 12.7 Å². The summed E-state index contributed by atoms with van der Waals surface area (Å²) in [5.41, 5.74) is 11.8. The van der Waals surface area contributed by atoms with Crippen molar-refractivity contribution in [2.75, 3.05) is 30.0 Å². The molecule has 1 aliphatic heterocycles. The van der Waals surface area contributed by atoms with E-state index < -0.39 is 16.7 Å². The highest BCUT2D eigenvalue weighted by Gasteiger charge is 2.24. The Kier molecular flexibility index (Phi) is 4.00. The number of nitrogens with two attached hydrogens (primary N) is 2. The molecule has 1 saturated heterocycles. The van der Waals surface area contributed by atoms with Crippen LogP contribution in [0, 0.1) is 0 Å². The number of carbonyl (C=O) groups excluding carboxylic acids is 1. The van der Waals surface area contributed by atoms with Gasteiger partial charge in [0.05, 0.1) is 21.9 Å². The van der Waals surface area contributed by atoms with Gasteiger partial charge in [0.25, 0.3) is 5.91 Å². The first-order valence-electron chi connectivity index (χ1n) is 6.97. The molecule has 0 saturated carbocycles. The van der Waals surface area contributed by atoms with Crippen LogP contribution in [0.5, 0.6) is 0 Å². The molecule has 0 radical (unpaired) electrons. The fraction of sp³-hybridized carbons (Fsp3) is 0.462. The number of hydrogen-bond acceptors (Lipinski definition) is 7. The number of aromatic nitrogens is 2. The number of carbonyl (C=O) groups is 1. The summed E-state index contributed by atoms with van der Waals surface area (Å²) < 4.78 is 11.8. The van der Waals surface area contributed by atoms with Gasteiger partial charge in [-0.05, 0) is 19.3 Å². The van der Waals surface area contributed by atoms with Gasteiger partial charge in [0, 0.05) is 19.3 Å². The first kappa shape index (κ1) is 15.2. The minimum absolute atomic E-state index is 0.255. The molecule has 0 aliphatic carbocycles. The van der Waals surface area contributed by atoms with Gasteiger partial charge < -0.3 is 16.4 Å². The molecule has 7 nitrogen and oxygen atoms in total. The number of hydrogen-bond donors (Lipinski definition) is 2. The minimum atomic E-state index is -1.31. The maximum atomic E-state index is 11.8. The second-order valence-electron chi connectivity index (χ2n) is 5.22. The lowest BCUT2D eigenvalue weighted by Crippen LogP contribution is -2.30. The van der Waals surface area contributed by atoms with Crippen LogP contribution in [0.2, 0.25) is 0 Å².